The fourth-order valence-electron chi connectivity index (χ4n) is 1.28. The lowest BCUT2D eigenvalue weighted by Gasteiger charge is -2.03. The molecule has 0 atom stereocenters. The molecule has 0 aliphatic carbocycles. The molecule has 0 unspecified atom stereocenters. The van der Waals surface area contributed by atoms with Crippen LogP contribution in [0.4, 0.5) is 5.69 Å². The summed E-state index contributed by atoms with van der Waals surface area (Å²) in [6.07, 6.45) is 1.67. The van der Waals surface area contributed by atoms with E-state index >= 15 is 0 Å². The van der Waals surface area contributed by atoms with Gasteiger partial charge < -0.3 is 11.1 Å². The van der Waals surface area contributed by atoms with Gasteiger partial charge in [-0.3, -0.25) is 9.89 Å². The van der Waals surface area contributed by atoms with E-state index < -0.39 is 0 Å². The molecule has 4 N–H and O–H groups in total. The largest absolute Gasteiger partial charge is 0.324 e. The molecule has 5 heteroatoms. The second kappa shape index (κ2) is 3.47. The van der Waals surface area contributed by atoms with Gasteiger partial charge in [0.15, 0.2) is 0 Å². The molecule has 0 saturated heterocycles. The van der Waals surface area contributed by atoms with E-state index in [2.05, 4.69) is 15.5 Å². The zero-order chi connectivity index (χ0) is 9.97. The number of hydrogen-bond donors (Lipinski definition) is 3. The lowest BCUT2D eigenvalue weighted by molar-refractivity contribution is -0.114. The Kier molecular flexibility index (Phi) is 2.16. The van der Waals surface area contributed by atoms with Gasteiger partial charge >= 0.3 is 0 Å². The summed E-state index contributed by atoms with van der Waals surface area (Å²) in [6.45, 7) is -0.0196. The number of nitrogens with two attached hydrogens (primary N) is 1. The molecule has 2 aromatic rings. The van der Waals surface area contributed by atoms with Crippen molar-refractivity contribution in [3.05, 3.63) is 24.4 Å². The Morgan fingerprint density at radius 2 is 2.43 bits per heavy atom. The predicted octanol–water partition coefficient (Wildman–Crippen LogP) is 0.460. The number of amides is 1. The third kappa shape index (κ3) is 1.45. The Bertz CT molecular complexity index is 463. The van der Waals surface area contributed by atoms with E-state index in [1.807, 2.05) is 18.2 Å². The first-order chi connectivity index (χ1) is 6.81. The molecular formula is C9H10N4O. The first-order valence-corrected chi connectivity index (χ1v) is 4.23. The average molecular weight is 190 g/mol. The van der Waals surface area contributed by atoms with Gasteiger partial charge in [0.2, 0.25) is 5.91 Å². The summed E-state index contributed by atoms with van der Waals surface area (Å²) in [5.41, 5.74) is 6.82. The Hall–Kier alpha value is -1.88. The van der Waals surface area contributed by atoms with Crippen molar-refractivity contribution in [3.8, 4) is 0 Å². The van der Waals surface area contributed by atoms with Gasteiger partial charge in [-0.15, -0.1) is 0 Å². The summed E-state index contributed by atoms with van der Waals surface area (Å²) >= 11 is 0. The number of hydrogen-bond acceptors (Lipinski definition) is 3. The number of aromatic nitrogens is 2. The smallest absolute Gasteiger partial charge is 0.238 e. The minimum atomic E-state index is -0.210. The molecule has 1 heterocycles. The lowest BCUT2D eigenvalue weighted by Crippen LogP contribution is -2.21. The van der Waals surface area contributed by atoms with Crippen LogP contribution < -0.4 is 11.1 Å². The molecule has 14 heavy (non-hydrogen) atoms. The second-order valence-electron chi connectivity index (χ2n) is 2.89. The van der Waals surface area contributed by atoms with Crippen LogP contribution in [0.1, 0.15) is 0 Å². The number of H-pyrrole nitrogens is 1. The first kappa shape index (κ1) is 8.71. The normalized spacial score (nSPS) is 10.4. The minimum absolute atomic E-state index is 0.0196. The summed E-state index contributed by atoms with van der Waals surface area (Å²) in [6, 6.07) is 5.54. The lowest BCUT2D eigenvalue weighted by atomic mass is 10.2. The van der Waals surface area contributed by atoms with E-state index in [9.17, 15) is 4.79 Å². The molecule has 1 amide bonds. The zero-order valence-corrected chi connectivity index (χ0v) is 7.45. The molecule has 2 rings (SSSR count). The highest BCUT2D eigenvalue weighted by Crippen LogP contribution is 2.20. The van der Waals surface area contributed by atoms with Crippen molar-refractivity contribution in [1.82, 2.24) is 10.2 Å². The monoisotopic (exact) mass is 190 g/mol. The molecule has 5 nitrogen and oxygen atoms in total. The Balaban J connectivity index is 2.41. The molecule has 1 aromatic carbocycles. The number of rotatable bonds is 2. The Morgan fingerprint density at radius 1 is 1.57 bits per heavy atom. The van der Waals surface area contributed by atoms with E-state index in [1.165, 1.54) is 0 Å². The quantitative estimate of drug-likeness (QED) is 0.643. The van der Waals surface area contributed by atoms with E-state index in [0.29, 0.717) is 0 Å². The van der Waals surface area contributed by atoms with E-state index in [-0.39, 0.29) is 12.5 Å². The van der Waals surface area contributed by atoms with Gasteiger partial charge in [0.05, 0.1) is 23.9 Å². The zero-order valence-electron chi connectivity index (χ0n) is 7.45. The van der Waals surface area contributed by atoms with Crippen LogP contribution in [0.15, 0.2) is 24.4 Å². The maximum atomic E-state index is 11.1. The molecular weight excluding hydrogens is 180 g/mol. The molecule has 1 aromatic heterocycles. The molecule has 0 radical (unpaired) electrons. The molecule has 0 spiro atoms. The molecule has 0 aliphatic rings. The van der Waals surface area contributed by atoms with Gasteiger partial charge in [0.1, 0.15) is 0 Å². The van der Waals surface area contributed by atoms with Crippen LogP contribution in [-0.2, 0) is 4.79 Å². The second-order valence-corrected chi connectivity index (χ2v) is 2.89. The fourth-order valence-corrected chi connectivity index (χ4v) is 1.28. The standard InChI is InChI=1S/C9H10N4O/c10-4-9(14)12-7-2-1-3-8-6(7)5-11-13-8/h1-3,5H,4,10H2,(H,11,13)(H,12,14). The third-order valence-electron chi connectivity index (χ3n) is 1.94. The Labute approximate surface area is 80.3 Å². The van der Waals surface area contributed by atoms with Crippen molar-refractivity contribution in [2.75, 3.05) is 11.9 Å². The minimum Gasteiger partial charge on any atom is -0.324 e. The van der Waals surface area contributed by atoms with Crippen molar-refractivity contribution in [2.45, 2.75) is 0 Å². The SMILES string of the molecule is NCC(=O)Nc1cccc2[nH]ncc12. The number of nitrogens with one attached hydrogen (secondary N) is 2. The van der Waals surface area contributed by atoms with Crippen LogP contribution in [0.25, 0.3) is 10.9 Å². The molecule has 0 bridgehead atoms. The van der Waals surface area contributed by atoms with E-state index in [4.69, 9.17) is 5.73 Å². The van der Waals surface area contributed by atoms with Crippen LogP contribution in [0.2, 0.25) is 0 Å². The molecule has 0 saturated carbocycles. The number of benzene rings is 1. The van der Waals surface area contributed by atoms with Crippen LogP contribution in [0.3, 0.4) is 0 Å². The predicted molar refractivity (Wildman–Crippen MR) is 53.8 cm³/mol. The molecule has 72 valence electrons. The molecule has 0 fully saturated rings. The van der Waals surface area contributed by atoms with Crippen molar-refractivity contribution < 1.29 is 4.79 Å². The number of nitrogens with zero attached hydrogens (tertiary/aromatic N) is 1. The summed E-state index contributed by atoms with van der Waals surface area (Å²) < 4.78 is 0. The number of fused-ring (bicyclic) bond motifs is 1. The maximum absolute atomic E-state index is 11.1. The maximum Gasteiger partial charge on any atom is 0.238 e. The van der Waals surface area contributed by atoms with Crippen molar-refractivity contribution in [1.29, 1.82) is 0 Å². The van der Waals surface area contributed by atoms with Crippen LogP contribution in [-0.4, -0.2) is 22.6 Å². The van der Waals surface area contributed by atoms with Gasteiger partial charge in [-0.2, -0.15) is 5.10 Å². The van der Waals surface area contributed by atoms with Crippen LogP contribution in [0.5, 0.6) is 0 Å². The third-order valence-corrected chi connectivity index (χ3v) is 1.94. The first-order valence-electron chi connectivity index (χ1n) is 4.23. The van der Waals surface area contributed by atoms with Crippen molar-refractivity contribution >= 4 is 22.5 Å². The van der Waals surface area contributed by atoms with Gasteiger partial charge in [0, 0.05) is 5.39 Å². The van der Waals surface area contributed by atoms with Crippen molar-refractivity contribution in [3.63, 3.8) is 0 Å². The highest BCUT2D eigenvalue weighted by molar-refractivity contribution is 6.01. The fraction of sp³-hybridized carbons (Fsp3) is 0.111. The molecule has 0 aliphatic heterocycles. The van der Waals surface area contributed by atoms with Crippen LogP contribution in [0, 0.1) is 0 Å². The summed E-state index contributed by atoms with van der Waals surface area (Å²) in [5.74, 6) is -0.210. The van der Waals surface area contributed by atoms with Crippen molar-refractivity contribution in [2.24, 2.45) is 5.73 Å². The average Bonchev–Trinajstić information content (AvgIpc) is 2.66. The highest BCUT2D eigenvalue weighted by atomic mass is 16.1. The number of carbonyl (C=O) groups excluding carboxylic acids is 1. The summed E-state index contributed by atoms with van der Waals surface area (Å²) in [5, 5.41) is 10.3. The number of anilines is 1. The van der Waals surface area contributed by atoms with Gasteiger partial charge in [-0.05, 0) is 12.1 Å². The number of carbonyl (C=O) groups is 1. The Morgan fingerprint density at radius 3 is 3.21 bits per heavy atom. The number of aromatic amines is 1. The van der Waals surface area contributed by atoms with Gasteiger partial charge in [0.25, 0.3) is 0 Å². The van der Waals surface area contributed by atoms with E-state index in [1.54, 1.807) is 6.20 Å². The van der Waals surface area contributed by atoms with E-state index in [0.717, 1.165) is 16.6 Å². The topological polar surface area (TPSA) is 83.8 Å². The summed E-state index contributed by atoms with van der Waals surface area (Å²) in [7, 11) is 0. The summed E-state index contributed by atoms with van der Waals surface area (Å²) in [4.78, 5) is 11.1. The van der Waals surface area contributed by atoms with Gasteiger partial charge in [-0.25, -0.2) is 0 Å². The van der Waals surface area contributed by atoms with Gasteiger partial charge in [-0.1, -0.05) is 6.07 Å². The van der Waals surface area contributed by atoms with Crippen LogP contribution >= 0.6 is 0 Å². The highest BCUT2D eigenvalue weighted by Gasteiger charge is 2.04.